The van der Waals surface area contributed by atoms with Gasteiger partial charge in [-0.05, 0) is 31.2 Å². The zero-order valence-electron chi connectivity index (χ0n) is 16.0. The molecular formula is C21H28N4O2. The lowest BCUT2D eigenvalue weighted by atomic mass is 10.1. The van der Waals surface area contributed by atoms with Gasteiger partial charge in [0, 0.05) is 56.2 Å². The van der Waals surface area contributed by atoms with E-state index in [9.17, 15) is 4.79 Å². The van der Waals surface area contributed by atoms with Crippen molar-refractivity contribution in [3.05, 3.63) is 54.1 Å². The predicted octanol–water partition coefficient (Wildman–Crippen LogP) is 2.42. The average Bonchev–Trinajstić information content (AvgIpc) is 2.69. The zero-order chi connectivity index (χ0) is 19.2. The number of nitrogens with zero attached hydrogens (tertiary/aromatic N) is 2. The van der Waals surface area contributed by atoms with E-state index < -0.39 is 5.91 Å². The van der Waals surface area contributed by atoms with Crippen molar-refractivity contribution in [3.8, 4) is 5.75 Å². The predicted molar refractivity (Wildman–Crippen MR) is 110 cm³/mol. The second-order valence-electron chi connectivity index (χ2n) is 6.94. The Morgan fingerprint density at radius 1 is 1.15 bits per heavy atom. The summed E-state index contributed by atoms with van der Waals surface area (Å²) in [6, 6.07) is 15.8. The van der Waals surface area contributed by atoms with Gasteiger partial charge in [-0.15, -0.1) is 0 Å². The molecule has 6 heteroatoms. The van der Waals surface area contributed by atoms with Crippen molar-refractivity contribution in [2.75, 3.05) is 50.1 Å². The molecule has 0 bridgehead atoms. The van der Waals surface area contributed by atoms with Crippen molar-refractivity contribution in [2.45, 2.75) is 13.0 Å². The highest BCUT2D eigenvalue weighted by atomic mass is 16.5. The fourth-order valence-electron chi connectivity index (χ4n) is 3.52. The summed E-state index contributed by atoms with van der Waals surface area (Å²) in [7, 11) is 1.70. The number of rotatable bonds is 7. The molecule has 3 rings (SSSR count). The third-order valence-electron chi connectivity index (χ3n) is 4.92. The molecule has 3 N–H and O–H groups in total. The molecule has 2 aromatic carbocycles. The fraction of sp³-hybridized carbons (Fsp3) is 0.381. The number of amides is 1. The smallest absolute Gasteiger partial charge is 0.250 e. The summed E-state index contributed by atoms with van der Waals surface area (Å²) in [4.78, 5) is 16.4. The van der Waals surface area contributed by atoms with Crippen molar-refractivity contribution in [2.24, 2.45) is 5.73 Å². The van der Waals surface area contributed by atoms with Crippen molar-refractivity contribution in [3.63, 3.8) is 0 Å². The molecular weight excluding hydrogens is 340 g/mol. The number of hydrogen-bond donors (Lipinski definition) is 2. The van der Waals surface area contributed by atoms with E-state index in [1.54, 1.807) is 13.2 Å². The molecule has 144 valence electrons. The van der Waals surface area contributed by atoms with Crippen LogP contribution in [-0.4, -0.2) is 56.7 Å². The number of ether oxygens (including phenoxy) is 1. The molecule has 0 aliphatic carbocycles. The van der Waals surface area contributed by atoms with Crippen molar-refractivity contribution < 1.29 is 9.53 Å². The van der Waals surface area contributed by atoms with Crippen LogP contribution in [0.5, 0.6) is 5.75 Å². The zero-order valence-corrected chi connectivity index (χ0v) is 16.0. The van der Waals surface area contributed by atoms with E-state index in [4.69, 9.17) is 10.5 Å². The van der Waals surface area contributed by atoms with E-state index in [1.807, 2.05) is 30.3 Å². The number of nitrogens with one attached hydrogen (secondary N) is 1. The Kier molecular flexibility index (Phi) is 6.19. The van der Waals surface area contributed by atoms with Gasteiger partial charge in [-0.2, -0.15) is 0 Å². The van der Waals surface area contributed by atoms with Gasteiger partial charge in [-0.3, -0.25) is 9.69 Å². The van der Waals surface area contributed by atoms with Gasteiger partial charge in [0.2, 0.25) is 0 Å². The van der Waals surface area contributed by atoms with Crippen molar-refractivity contribution in [1.82, 2.24) is 4.90 Å². The number of methoxy groups -OCH3 is 1. The fourth-order valence-corrected chi connectivity index (χ4v) is 3.52. The maximum Gasteiger partial charge on any atom is 0.250 e. The molecule has 0 saturated carbocycles. The third kappa shape index (κ3) is 4.92. The second kappa shape index (κ2) is 8.77. The quantitative estimate of drug-likeness (QED) is 0.785. The maximum atomic E-state index is 11.6. The lowest BCUT2D eigenvalue weighted by Crippen LogP contribution is -2.49. The van der Waals surface area contributed by atoms with E-state index in [0.717, 1.165) is 44.2 Å². The monoisotopic (exact) mass is 368 g/mol. The molecule has 2 aromatic rings. The Balaban J connectivity index is 1.52. The van der Waals surface area contributed by atoms with Crippen LogP contribution in [0.15, 0.2) is 48.5 Å². The summed E-state index contributed by atoms with van der Waals surface area (Å²) in [5.41, 5.74) is 8.00. The SMILES string of the molecule is COc1cccc(N2CCN(CC(C)Nc3ccccc3C(N)=O)CC2)c1. The van der Waals surface area contributed by atoms with Crippen LogP contribution >= 0.6 is 0 Å². The van der Waals surface area contributed by atoms with Crippen LogP contribution in [0.2, 0.25) is 0 Å². The van der Waals surface area contributed by atoms with E-state index in [1.165, 1.54) is 5.69 Å². The molecule has 1 aliphatic rings. The molecule has 1 heterocycles. The minimum atomic E-state index is -0.405. The van der Waals surface area contributed by atoms with Gasteiger partial charge in [0.05, 0.1) is 12.7 Å². The number of benzene rings is 2. The number of carbonyl (C=O) groups is 1. The highest BCUT2D eigenvalue weighted by Crippen LogP contribution is 2.22. The van der Waals surface area contributed by atoms with Gasteiger partial charge in [-0.1, -0.05) is 18.2 Å². The number of hydrogen-bond acceptors (Lipinski definition) is 5. The number of nitrogens with two attached hydrogens (primary N) is 1. The largest absolute Gasteiger partial charge is 0.497 e. The van der Waals surface area contributed by atoms with Crippen LogP contribution in [0.3, 0.4) is 0 Å². The van der Waals surface area contributed by atoms with Crippen LogP contribution in [0.1, 0.15) is 17.3 Å². The van der Waals surface area contributed by atoms with Crippen LogP contribution in [0.25, 0.3) is 0 Å². The average molecular weight is 368 g/mol. The Labute approximate surface area is 160 Å². The van der Waals surface area contributed by atoms with Gasteiger partial charge in [0.25, 0.3) is 5.91 Å². The van der Waals surface area contributed by atoms with Gasteiger partial charge < -0.3 is 20.7 Å². The molecule has 1 fully saturated rings. The van der Waals surface area contributed by atoms with Gasteiger partial charge in [-0.25, -0.2) is 0 Å². The summed E-state index contributed by atoms with van der Waals surface area (Å²) in [6.45, 7) is 7.02. The number of carbonyl (C=O) groups excluding carboxylic acids is 1. The topological polar surface area (TPSA) is 70.8 Å². The standard InChI is InChI=1S/C21H28N4O2/c1-16(23-20-9-4-3-8-19(20)21(22)26)15-24-10-12-25(13-11-24)17-6-5-7-18(14-17)27-2/h3-9,14,16,23H,10-13,15H2,1-2H3,(H2,22,26). The third-order valence-corrected chi connectivity index (χ3v) is 4.92. The van der Waals surface area contributed by atoms with Crippen LogP contribution < -0.4 is 20.7 Å². The van der Waals surface area contributed by atoms with E-state index >= 15 is 0 Å². The van der Waals surface area contributed by atoms with Gasteiger partial charge >= 0.3 is 0 Å². The summed E-state index contributed by atoms with van der Waals surface area (Å²) >= 11 is 0. The minimum Gasteiger partial charge on any atom is -0.497 e. The lowest BCUT2D eigenvalue weighted by molar-refractivity contribution is 0.100. The van der Waals surface area contributed by atoms with Crippen LogP contribution in [-0.2, 0) is 0 Å². The second-order valence-corrected chi connectivity index (χ2v) is 6.94. The van der Waals surface area contributed by atoms with Crippen LogP contribution in [0, 0.1) is 0 Å². The molecule has 0 spiro atoms. The first kappa shape index (κ1) is 19.0. The summed E-state index contributed by atoms with van der Waals surface area (Å²) in [5, 5.41) is 3.42. The molecule has 6 nitrogen and oxygen atoms in total. The molecule has 27 heavy (non-hydrogen) atoms. The normalized spacial score (nSPS) is 16.0. The molecule has 1 amide bonds. The van der Waals surface area contributed by atoms with E-state index in [-0.39, 0.29) is 6.04 Å². The Bertz CT molecular complexity index is 772. The first-order valence-corrected chi connectivity index (χ1v) is 9.33. The molecule has 0 aromatic heterocycles. The van der Waals surface area contributed by atoms with Crippen molar-refractivity contribution in [1.29, 1.82) is 0 Å². The molecule has 1 saturated heterocycles. The van der Waals surface area contributed by atoms with Gasteiger partial charge in [0.15, 0.2) is 0 Å². The van der Waals surface area contributed by atoms with E-state index in [2.05, 4.69) is 34.2 Å². The molecule has 0 radical (unpaired) electrons. The molecule has 1 atom stereocenters. The number of anilines is 2. The first-order valence-electron chi connectivity index (χ1n) is 9.33. The Morgan fingerprint density at radius 2 is 1.89 bits per heavy atom. The molecule has 1 aliphatic heterocycles. The summed E-state index contributed by atoms with van der Waals surface area (Å²) in [6.07, 6.45) is 0. The maximum absolute atomic E-state index is 11.6. The highest BCUT2D eigenvalue weighted by Gasteiger charge is 2.19. The minimum absolute atomic E-state index is 0.217. The molecule has 1 unspecified atom stereocenters. The van der Waals surface area contributed by atoms with E-state index in [0.29, 0.717) is 5.56 Å². The number of piperazine rings is 1. The lowest BCUT2D eigenvalue weighted by Gasteiger charge is -2.37. The number of para-hydroxylation sites is 1. The number of primary amides is 1. The van der Waals surface area contributed by atoms with Crippen molar-refractivity contribution >= 4 is 17.3 Å². The highest BCUT2D eigenvalue weighted by molar-refractivity contribution is 5.98. The first-order chi connectivity index (χ1) is 13.1. The Hall–Kier alpha value is -2.73. The van der Waals surface area contributed by atoms with Gasteiger partial charge in [0.1, 0.15) is 5.75 Å². The summed E-state index contributed by atoms with van der Waals surface area (Å²) in [5.74, 6) is 0.484. The Morgan fingerprint density at radius 3 is 2.59 bits per heavy atom. The van der Waals surface area contributed by atoms with Crippen LogP contribution in [0.4, 0.5) is 11.4 Å². The summed E-state index contributed by atoms with van der Waals surface area (Å²) < 4.78 is 5.32.